The molecule has 0 bridgehead atoms. The van der Waals surface area contributed by atoms with Gasteiger partial charge >= 0.3 is 7.12 Å². The van der Waals surface area contributed by atoms with E-state index in [0.717, 1.165) is 6.54 Å². The molecular formula is C11H21BN2O2. The zero-order valence-corrected chi connectivity index (χ0v) is 11.1. The van der Waals surface area contributed by atoms with Crippen molar-refractivity contribution in [3.8, 4) is 0 Å². The van der Waals surface area contributed by atoms with E-state index in [4.69, 9.17) is 9.31 Å². The van der Waals surface area contributed by atoms with Gasteiger partial charge in [-0.3, -0.25) is 0 Å². The van der Waals surface area contributed by atoms with Crippen molar-refractivity contribution in [2.75, 3.05) is 13.6 Å². The van der Waals surface area contributed by atoms with Crippen molar-refractivity contribution in [3.63, 3.8) is 0 Å². The van der Waals surface area contributed by atoms with Crippen molar-refractivity contribution < 1.29 is 9.31 Å². The van der Waals surface area contributed by atoms with E-state index in [1.807, 2.05) is 18.3 Å². The zero-order valence-electron chi connectivity index (χ0n) is 11.1. The van der Waals surface area contributed by atoms with Gasteiger partial charge in [-0.1, -0.05) is 6.92 Å². The van der Waals surface area contributed by atoms with Gasteiger partial charge in [-0.05, 0) is 27.7 Å². The highest BCUT2D eigenvalue weighted by Gasteiger charge is 2.58. The smallest absolute Gasteiger partial charge is 0.403 e. The Kier molecular flexibility index (Phi) is 2.41. The summed E-state index contributed by atoms with van der Waals surface area (Å²) in [4.78, 5) is 0. The lowest BCUT2D eigenvalue weighted by molar-refractivity contribution is 0.00578. The predicted molar refractivity (Wildman–Crippen MR) is 65.6 cm³/mol. The van der Waals surface area contributed by atoms with E-state index in [-0.39, 0.29) is 23.6 Å². The number of rotatable bonds is 1. The van der Waals surface area contributed by atoms with E-state index in [1.54, 1.807) is 0 Å². The molecule has 0 aliphatic carbocycles. The molecule has 2 rings (SSSR count). The molecule has 16 heavy (non-hydrogen) atoms. The van der Waals surface area contributed by atoms with Crippen LogP contribution in [0.4, 0.5) is 0 Å². The number of hydrogen-bond donors (Lipinski definition) is 0. The number of hydrazone groups is 1. The molecule has 90 valence electrons. The Labute approximate surface area is 98.1 Å². The van der Waals surface area contributed by atoms with Crippen LogP contribution in [0.25, 0.3) is 0 Å². The van der Waals surface area contributed by atoms with Crippen molar-refractivity contribution >= 4 is 13.3 Å². The molecule has 1 atom stereocenters. The first-order valence-electron chi connectivity index (χ1n) is 5.78. The Morgan fingerprint density at radius 2 is 1.62 bits per heavy atom. The molecule has 0 radical (unpaired) electrons. The van der Waals surface area contributed by atoms with Crippen LogP contribution in [0.5, 0.6) is 0 Å². The van der Waals surface area contributed by atoms with E-state index in [1.165, 1.54) is 0 Å². The third-order valence-corrected chi connectivity index (χ3v) is 3.91. The topological polar surface area (TPSA) is 34.1 Å². The van der Waals surface area contributed by atoms with Crippen LogP contribution in [0, 0.1) is 0 Å². The predicted octanol–water partition coefficient (Wildman–Crippen LogP) is 1.77. The summed E-state index contributed by atoms with van der Waals surface area (Å²) >= 11 is 0. The Balaban J connectivity index is 2.18. The summed E-state index contributed by atoms with van der Waals surface area (Å²) in [7, 11) is 1.75. The van der Waals surface area contributed by atoms with Gasteiger partial charge in [0.05, 0.1) is 16.5 Å². The van der Waals surface area contributed by atoms with Crippen molar-refractivity contribution in [2.24, 2.45) is 5.10 Å². The van der Waals surface area contributed by atoms with Crippen LogP contribution < -0.4 is 0 Å². The van der Waals surface area contributed by atoms with Crippen LogP contribution >= 0.6 is 0 Å². The summed E-state index contributed by atoms with van der Waals surface area (Å²) in [5.74, 6) is 0. The lowest BCUT2D eigenvalue weighted by atomic mass is 9.59. The molecule has 2 aliphatic heterocycles. The molecule has 0 aromatic rings. The molecule has 2 aliphatic rings. The van der Waals surface area contributed by atoms with Gasteiger partial charge in [0.25, 0.3) is 0 Å². The van der Waals surface area contributed by atoms with Crippen molar-refractivity contribution in [1.29, 1.82) is 0 Å². The van der Waals surface area contributed by atoms with Crippen LogP contribution in [0.1, 0.15) is 34.6 Å². The maximum atomic E-state index is 6.06. The monoisotopic (exact) mass is 224 g/mol. The minimum absolute atomic E-state index is 0.153. The molecule has 0 N–H and O–H groups in total. The first-order chi connectivity index (χ1) is 7.16. The fraction of sp³-hybridized carbons (Fsp3) is 0.909. The normalized spacial score (nSPS) is 36.1. The van der Waals surface area contributed by atoms with E-state index < -0.39 is 0 Å². The first-order valence-corrected chi connectivity index (χ1v) is 5.78. The Morgan fingerprint density at radius 1 is 1.12 bits per heavy atom. The van der Waals surface area contributed by atoms with Gasteiger partial charge in [-0.25, -0.2) is 0 Å². The molecule has 0 aromatic carbocycles. The van der Waals surface area contributed by atoms with Crippen molar-refractivity contribution in [3.05, 3.63) is 0 Å². The minimum atomic E-state index is -0.268. The quantitative estimate of drug-likeness (QED) is 0.636. The summed E-state index contributed by atoms with van der Waals surface area (Å²) in [5, 5.41) is 6.05. The highest BCUT2D eigenvalue weighted by Crippen LogP contribution is 2.45. The van der Waals surface area contributed by atoms with Crippen LogP contribution in [0.3, 0.4) is 0 Å². The average Bonchev–Trinajstić information content (AvgIpc) is 2.54. The van der Waals surface area contributed by atoms with Crippen molar-refractivity contribution in [1.82, 2.24) is 5.01 Å². The van der Waals surface area contributed by atoms with Gasteiger partial charge < -0.3 is 14.3 Å². The summed E-state index contributed by atoms with van der Waals surface area (Å²) in [6.45, 7) is 11.3. The van der Waals surface area contributed by atoms with E-state index in [2.05, 4.69) is 39.7 Å². The molecule has 1 saturated heterocycles. The molecule has 0 aromatic heterocycles. The van der Waals surface area contributed by atoms with E-state index in [0.29, 0.717) is 0 Å². The van der Waals surface area contributed by atoms with Gasteiger partial charge in [0.2, 0.25) is 0 Å². The molecule has 5 heteroatoms. The van der Waals surface area contributed by atoms with E-state index >= 15 is 0 Å². The lowest BCUT2D eigenvalue weighted by Gasteiger charge is -2.32. The molecule has 2 heterocycles. The largest absolute Gasteiger partial charge is 0.471 e. The average molecular weight is 224 g/mol. The second-order valence-electron chi connectivity index (χ2n) is 6.15. The number of nitrogens with zero attached hydrogens (tertiary/aromatic N) is 2. The summed E-state index contributed by atoms with van der Waals surface area (Å²) in [5.41, 5.74) is -0.536. The number of hydrogen-bond acceptors (Lipinski definition) is 4. The second kappa shape index (κ2) is 3.23. The standard InChI is InChI=1S/C11H21BN2O2/c1-9(2)10(3,4)16-12(15-9)11(5)7-13-14(6)8-11/h7H,8H2,1-6H3. The third-order valence-electron chi connectivity index (χ3n) is 3.91. The van der Waals surface area contributed by atoms with Gasteiger partial charge in [-0.2, -0.15) is 5.10 Å². The van der Waals surface area contributed by atoms with Crippen molar-refractivity contribution in [2.45, 2.75) is 51.1 Å². The molecule has 0 amide bonds. The zero-order chi connectivity index (χ0) is 12.2. The molecule has 1 fully saturated rings. The highest BCUT2D eigenvalue weighted by atomic mass is 16.7. The summed E-state index contributed by atoms with van der Waals surface area (Å²) < 4.78 is 12.1. The molecule has 1 unspecified atom stereocenters. The third kappa shape index (κ3) is 1.66. The van der Waals surface area contributed by atoms with Crippen LogP contribution in [-0.4, -0.2) is 43.1 Å². The summed E-state index contributed by atoms with van der Waals surface area (Å²) in [6, 6.07) is 0. The Morgan fingerprint density at radius 3 is 2.00 bits per heavy atom. The fourth-order valence-electron chi connectivity index (χ4n) is 2.05. The van der Waals surface area contributed by atoms with Crippen LogP contribution in [-0.2, 0) is 9.31 Å². The van der Waals surface area contributed by atoms with E-state index in [9.17, 15) is 0 Å². The minimum Gasteiger partial charge on any atom is -0.403 e. The lowest BCUT2D eigenvalue weighted by Crippen LogP contribution is -2.41. The van der Waals surface area contributed by atoms with Gasteiger partial charge in [0.15, 0.2) is 0 Å². The molecule has 0 saturated carbocycles. The van der Waals surface area contributed by atoms with Gasteiger partial charge in [0, 0.05) is 19.8 Å². The molecule has 0 spiro atoms. The Hall–Kier alpha value is -0.545. The SMILES string of the molecule is CN1CC(C)(B2OC(C)(C)C(C)(C)O2)C=N1. The fourth-order valence-corrected chi connectivity index (χ4v) is 2.05. The second-order valence-corrected chi connectivity index (χ2v) is 6.15. The maximum Gasteiger partial charge on any atom is 0.471 e. The van der Waals surface area contributed by atoms with Gasteiger partial charge in [-0.15, -0.1) is 0 Å². The first kappa shape index (κ1) is 11.9. The highest BCUT2D eigenvalue weighted by molar-refractivity contribution is 6.54. The Bertz CT molecular complexity index is 314. The van der Waals surface area contributed by atoms with Crippen LogP contribution in [0.15, 0.2) is 5.10 Å². The molecular weight excluding hydrogens is 203 g/mol. The van der Waals surface area contributed by atoms with Gasteiger partial charge in [0.1, 0.15) is 0 Å². The summed E-state index contributed by atoms with van der Waals surface area (Å²) in [6.07, 6.45) is 1.94. The molecule has 4 nitrogen and oxygen atoms in total. The van der Waals surface area contributed by atoms with Crippen LogP contribution in [0.2, 0.25) is 5.31 Å². The maximum absolute atomic E-state index is 6.06.